The van der Waals surface area contributed by atoms with Crippen molar-refractivity contribution >= 4 is 0 Å². The van der Waals surface area contributed by atoms with Gasteiger partial charge in [-0.15, -0.1) is 0 Å². The van der Waals surface area contributed by atoms with E-state index in [0.29, 0.717) is 0 Å². The van der Waals surface area contributed by atoms with Gasteiger partial charge < -0.3 is 0 Å². The Balaban J connectivity index is 2.18. The van der Waals surface area contributed by atoms with Gasteiger partial charge in [0.05, 0.1) is 17.9 Å². The summed E-state index contributed by atoms with van der Waals surface area (Å²) in [6, 6.07) is 2.12. The van der Waals surface area contributed by atoms with Crippen molar-refractivity contribution in [1.82, 2.24) is 25.0 Å². The quantitative estimate of drug-likeness (QED) is 0.586. The predicted octanol–water partition coefficient (Wildman–Crippen LogP) is 0.209. The first kappa shape index (κ1) is 11.8. The molecular formula is C11H18N6. The van der Waals surface area contributed by atoms with Crippen molar-refractivity contribution in [1.29, 1.82) is 0 Å². The first-order valence-corrected chi connectivity index (χ1v) is 5.54. The van der Waals surface area contributed by atoms with Crippen LogP contribution in [0.1, 0.15) is 23.0 Å². The maximum atomic E-state index is 5.60. The molecule has 2 aromatic rings. The zero-order chi connectivity index (χ0) is 12.4. The van der Waals surface area contributed by atoms with Crippen LogP contribution in [0.5, 0.6) is 0 Å². The topological polar surface area (TPSA) is 73.7 Å². The monoisotopic (exact) mass is 234 g/mol. The van der Waals surface area contributed by atoms with Crippen LogP contribution in [-0.4, -0.2) is 19.6 Å². The van der Waals surface area contributed by atoms with Gasteiger partial charge in [-0.05, 0) is 13.0 Å². The van der Waals surface area contributed by atoms with E-state index in [1.54, 1.807) is 4.68 Å². The number of hydrogen-bond acceptors (Lipinski definition) is 4. The van der Waals surface area contributed by atoms with E-state index >= 15 is 0 Å². The molecule has 6 heteroatoms. The molecule has 0 aliphatic heterocycles. The smallest absolute Gasteiger partial charge is 0.0596 e. The van der Waals surface area contributed by atoms with Crippen molar-refractivity contribution < 1.29 is 0 Å². The van der Waals surface area contributed by atoms with Crippen molar-refractivity contribution in [2.45, 2.75) is 19.4 Å². The molecule has 3 N–H and O–H groups in total. The largest absolute Gasteiger partial charge is 0.275 e. The lowest BCUT2D eigenvalue weighted by atomic mass is 10.1. The van der Waals surface area contributed by atoms with Crippen LogP contribution in [0, 0.1) is 6.92 Å². The Morgan fingerprint density at radius 3 is 2.71 bits per heavy atom. The standard InChI is InChI=1S/C11H18N6/c1-8-4-10(17(3)15-8)5-11(14-12)9-6-13-16(2)7-9/h4,6-7,11,14H,5,12H2,1-3H3. The van der Waals surface area contributed by atoms with Crippen LogP contribution in [0.25, 0.3) is 0 Å². The summed E-state index contributed by atoms with van der Waals surface area (Å²) in [6.45, 7) is 1.98. The summed E-state index contributed by atoms with van der Waals surface area (Å²) in [5.74, 6) is 5.60. The van der Waals surface area contributed by atoms with Gasteiger partial charge in [0.15, 0.2) is 0 Å². The number of hydrogen-bond donors (Lipinski definition) is 2. The van der Waals surface area contributed by atoms with Gasteiger partial charge in [-0.25, -0.2) is 0 Å². The summed E-state index contributed by atoms with van der Waals surface area (Å²) in [6.07, 6.45) is 4.58. The number of nitrogens with zero attached hydrogens (tertiary/aromatic N) is 4. The Kier molecular flexibility index (Phi) is 3.26. The lowest BCUT2D eigenvalue weighted by Gasteiger charge is -2.13. The van der Waals surface area contributed by atoms with Crippen molar-refractivity contribution in [3.8, 4) is 0 Å². The van der Waals surface area contributed by atoms with Crippen molar-refractivity contribution in [2.75, 3.05) is 0 Å². The number of aromatic nitrogens is 4. The van der Waals surface area contributed by atoms with Gasteiger partial charge in [0.2, 0.25) is 0 Å². The molecule has 17 heavy (non-hydrogen) atoms. The van der Waals surface area contributed by atoms with E-state index in [2.05, 4.69) is 21.7 Å². The first-order valence-electron chi connectivity index (χ1n) is 5.54. The SMILES string of the molecule is Cc1cc(CC(NN)c2cnn(C)c2)n(C)n1. The second kappa shape index (κ2) is 4.68. The van der Waals surface area contributed by atoms with Gasteiger partial charge in [-0.1, -0.05) is 0 Å². The first-order chi connectivity index (χ1) is 8.10. The summed E-state index contributed by atoms with van der Waals surface area (Å²) in [5.41, 5.74) is 6.07. The van der Waals surface area contributed by atoms with Crippen molar-refractivity contribution in [2.24, 2.45) is 19.9 Å². The lowest BCUT2D eigenvalue weighted by Crippen LogP contribution is -2.29. The minimum absolute atomic E-state index is 0.0542. The van der Waals surface area contributed by atoms with Gasteiger partial charge in [-0.3, -0.25) is 20.6 Å². The van der Waals surface area contributed by atoms with Crippen LogP contribution in [-0.2, 0) is 20.5 Å². The molecule has 0 aliphatic rings. The molecule has 0 aliphatic carbocycles. The van der Waals surface area contributed by atoms with Gasteiger partial charge in [0.25, 0.3) is 0 Å². The molecule has 92 valence electrons. The minimum Gasteiger partial charge on any atom is -0.275 e. The Morgan fingerprint density at radius 1 is 1.47 bits per heavy atom. The number of hydrazine groups is 1. The fraction of sp³-hybridized carbons (Fsp3) is 0.455. The second-order valence-electron chi connectivity index (χ2n) is 4.27. The molecule has 0 radical (unpaired) electrons. The summed E-state index contributed by atoms with van der Waals surface area (Å²) in [4.78, 5) is 0. The molecule has 6 nitrogen and oxygen atoms in total. The molecule has 1 unspecified atom stereocenters. The van der Waals surface area contributed by atoms with Crippen LogP contribution >= 0.6 is 0 Å². The van der Waals surface area contributed by atoms with E-state index in [1.807, 2.05) is 38.1 Å². The van der Waals surface area contributed by atoms with Crippen LogP contribution in [0.2, 0.25) is 0 Å². The Morgan fingerprint density at radius 2 is 2.24 bits per heavy atom. The highest BCUT2D eigenvalue weighted by molar-refractivity contribution is 5.16. The molecule has 1 atom stereocenters. The van der Waals surface area contributed by atoms with Gasteiger partial charge in [0.1, 0.15) is 0 Å². The zero-order valence-electron chi connectivity index (χ0n) is 10.4. The summed E-state index contributed by atoms with van der Waals surface area (Å²) in [5, 5.41) is 8.48. The van der Waals surface area contributed by atoms with E-state index in [9.17, 15) is 0 Å². The molecule has 0 aromatic carbocycles. The van der Waals surface area contributed by atoms with Crippen molar-refractivity contribution in [3.63, 3.8) is 0 Å². The van der Waals surface area contributed by atoms with E-state index in [4.69, 9.17) is 5.84 Å². The number of nitrogens with two attached hydrogens (primary N) is 1. The molecule has 2 aromatic heterocycles. The molecular weight excluding hydrogens is 216 g/mol. The highest BCUT2D eigenvalue weighted by Crippen LogP contribution is 2.17. The molecule has 0 fully saturated rings. The van der Waals surface area contributed by atoms with Crippen LogP contribution < -0.4 is 11.3 Å². The number of rotatable bonds is 4. The fourth-order valence-corrected chi connectivity index (χ4v) is 1.96. The highest BCUT2D eigenvalue weighted by Gasteiger charge is 2.14. The third-order valence-electron chi connectivity index (χ3n) is 2.84. The van der Waals surface area contributed by atoms with Gasteiger partial charge in [-0.2, -0.15) is 10.2 Å². The number of aryl methyl sites for hydroxylation is 3. The average molecular weight is 234 g/mol. The van der Waals surface area contributed by atoms with Crippen molar-refractivity contribution in [3.05, 3.63) is 35.4 Å². The molecule has 0 saturated heterocycles. The van der Waals surface area contributed by atoms with E-state index in [-0.39, 0.29) is 6.04 Å². The fourth-order valence-electron chi connectivity index (χ4n) is 1.96. The van der Waals surface area contributed by atoms with Crippen LogP contribution in [0.3, 0.4) is 0 Å². The van der Waals surface area contributed by atoms with E-state index in [1.165, 1.54) is 0 Å². The summed E-state index contributed by atoms with van der Waals surface area (Å²) in [7, 11) is 3.84. The highest BCUT2D eigenvalue weighted by atomic mass is 15.3. The van der Waals surface area contributed by atoms with Gasteiger partial charge in [0, 0.05) is 38.0 Å². The van der Waals surface area contributed by atoms with Crippen LogP contribution in [0.15, 0.2) is 18.5 Å². The zero-order valence-corrected chi connectivity index (χ0v) is 10.4. The molecule has 0 saturated carbocycles. The second-order valence-corrected chi connectivity index (χ2v) is 4.27. The van der Waals surface area contributed by atoms with Gasteiger partial charge >= 0.3 is 0 Å². The van der Waals surface area contributed by atoms with E-state index in [0.717, 1.165) is 23.4 Å². The molecule has 2 rings (SSSR count). The third-order valence-corrected chi connectivity index (χ3v) is 2.84. The third kappa shape index (κ3) is 2.54. The molecule has 2 heterocycles. The maximum Gasteiger partial charge on any atom is 0.0596 e. The lowest BCUT2D eigenvalue weighted by molar-refractivity contribution is 0.529. The Hall–Kier alpha value is -1.66. The molecule has 0 amide bonds. The Labute approximate surface area is 100 Å². The maximum absolute atomic E-state index is 5.60. The normalized spacial score (nSPS) is 12.9. The average Bonchev–Trinajstić information content (AvgIpc) is 2.82. The van der Waals surface area contributed by atoms with E-state index < -0.39 is 0 Å². The number of nitrogens with one attached hydrogen (secondary N) is 1. The summed E-state index contributed by atoms with van der Waals surface area (Å²) < 4.78 is 3.66. The summed E-state index contributed by atoms with van der Waals surface area (Å²) >= 11 is 0. The molecule has 0 spiro atoms. The predicted molar refractivity (Wildman–Crippen MR) is 64.9 cm³/mol. The minimum atomic E-state index is 0.0542. The Bertz CT molecular complexity index is 498. The molecule has 0 bridgehead atoms. The van der Waals surface area contributed by atoms with Crippen LogP contribution in [0.4, 0.5) is 0 Å².